The van der Waals surface area contributed by atoms with Gasteiger partial charge in [-0.3, -0.25) is 4.79 Å². The first kappa shape index (κ1) is 15.5. The highest BCUT2D eigenvalue weighted by Crippen LogP contribution is 2.21. The summed E-state index contributed by atoms with van der Waals surface area (Å²) in [5, 5.41) is 0. The van der Waals surface area contributed by atoms with Crippen molar-refractivity contribution in [1.29, 1.82) is 0 Å². The largest absolute Gasteiger partial charge is 0.399 e. The molecule has 1 aromatic carbocycles. The lowest BCUT2D eigenvalue weighted by molar-refractivity contribution is -0.141. The Kier molecular flexibility index (Phi) is 4.95. The van der Waals surface area contributed by atoms with Crippen LogP contribution in [0.25, 0.3) is 0 Å². The highest BCUT2D eigenvalue weighted by molar-refractivity contribution is 5.77. The van der Waals surface area contributed by atoms with Gasteiger partial charge in [0, 0.05) is 12.7 Å². The summed E-state index contributed by atoms with van der Waals surface area (Å²) in [4.78, 5) is 13.7. The van der Waals surface area contributed by atoms with Gasteiger partial charge < -0.3 is 15.4 Å². The Morgan fingerprint density at radius 1 is 1.42 bits per heavy atom. The lowest BCUT2D eigenvalue weighted by Crippen LogP contribution is -2.35. The van der Waals surface area contributed by atoms with E-state index in [1.807, 2.05) is 52.0 Å². The molecule has 19 heavy (non-hydrogen) atoms. The van der Waals surface area contributed by atoms with Crippen LogP contribution < -0.4 is 5.73 Å². The molecule has 1 rings (SSSR count). The van der Waals surface area contributed by atoms with Crippen molar-refractivity contribution in [1.82, 2.24) is 4.90 Å². The highest BCUT2D eigenvalue weighted by atomic mass is 16.5. The molecule has 0 spiro atoms. The molecule has 2 N–H and O–H groups in total. The van der Waals surface area contributed by atoms with Crippen molar-refractivity contribution in [2.45, 2.75) is 39.3 Å². The molecule has 0 aliphatic rings. The predicted molar refractivity (Wildman–Crippen MR) is 77.7 cm³/mol. The van der Waals surface area contributed by atoms with Gasteiger partial charge in [0.2, 0.25) is 5.91 Å². The minimum absolute atomic E-state index is 0.0282. The maximum atomic E-state index is 12.1. The number of rotatable bonds is 4. The van der Waals surface area contributed by atoms with E-state index in [9.17, 15) is 4.79 Å². The molecular weight excluding hydrogens is 240 g/mol. The topological polar surface area (TPSA) is 55.6 Å². The van der Waals surface area contributed by atoms with Crippen molar-refractivity contribution in [3.63, 3.8) is 0 Å². The standard InChI is InChI=1S/C15H24N2O2/c1-11(12-7-6-8-13(16)9-12)17(5)14(18)10-19-15(2,3)4/h6-9,11H,10,16H2,1-5H3. The second-order valence-corrected chi connectivity index (χ2v) is 5.75. The van der Waals surface area contributed by atoms with Crippen molar-refractivity contribution in [2.75, 3.05) is 19.4 Å². The maximum absolute atomic E-state index is 12.1. The van der Waals surface area contributed by atoms with Gasteiger partial charge in [0.25, 0.3) is 0 Å². The monoisotopic (exact) mass is 264 g/mol. The SMILES string of the molecule is CC(c1cccc(N)c1)N(C)C(=O)COC(C)(C)C. The lowest BCUT2D eigenvalue weighted by Gasteiger charge is -2.27. The van der Waals surface area contributed by atoms with Crippen LogP contribution in [0.2, 0.25) is 0 Å². The molecule has 0 radical (unpaired) electrons. The smallest absolute Gasteiger partial charge is 0.248 e. The molecule has 1 aromatic rings. The van der Waals surface area contributed by atoms with E-state index in [0.717, 1.165) is 5.56 Å². The van der Waals surface area contributed by atoms with Crippen LogP contribution in [0.3, 0.4) is 0 Å². The van der Waals surface area contributed by atoms with E-state index in [1.165, 1.54) is 0 Å². The number of hydrogen-bond acceptors (Lipinski definition) is 3. The van der Waals surface area contributed by atoms with E-state index in [0.29, 0.717) is 5.69 Å². The molecule has 1 amide bonds. The molecular formula is C15H24N2O2. The summed E-state index contributed by atoms with van der Waals surface area (Å²) in [6, 6.07) is 7.56. The number of benzene rings is 1. The van der Waals surface area contributed by atoms with Crippen LogP contribution in [0, 0.1) is 0 Å². The van der Waals surface area contributed by atoms with Gasteiger partial charge in [0.05, 0.1) is 11.6 Å². The number of nitrogens with zero attached hydrogens (tertiary/aromatic N) is 1. The summed E-state index contributed by atoms with van der Waals surface area (Å²) in [6.07, 6.45) is 0. The van der Waals surface area contributed by atoms with Crippen molar-refractivity contribution in [3.05, 3.63) is 29.8 Å². The van der Waals surface area contributed by atoms with Gasteiger partial charge in [-0.05, 0) is 45.4 Å². The van der Waals surface area contributed by atoms with Crippen LogP contribution in [-0.4, -0.2) is 30.1 Å². The van der Waals surface area contributed by atoms with Gasteiger partial charge in [0.15, 0.2) is 0 Å². The number of carbonyl (C=O) groups excluding carboxylic acids is 1. The summed E-state index contributed by atoms with van der Waals surface area (Å²) < 4.78 is 5.51. The summed E-state index contributed by atoms with van der Waals surface area (Å²) in [5.41, 5.74) is 7.18. The highest BCUT2D eigenvalue weighted by Gasteiger charge is 2.20. The fourth-order valence-electron chi connectivity index (χ4n) is 1.64. The van der Waals surface area contributed by atoms with Gasteiger partial charge in [-0.15, -0.1) is 0 Å². The Labute approximate surface area is 115 Å². The third-order valence-electron chi connectivity index (χ3n) is 3.00. The number of hydrogen-bond donors (Lipinski definition) is 1. The lowest BCUT2D eigenvalue weighted by atomic mass is 10.1. The van der Waals surface area contributed by atoms with Gasteiger partial charge in [-0.25, -0.2) is 0 Å². The van der Waals surface area contributed by atoms with Crippen molar-refractivity contribution in [2.24, 2.45) is 0 Å². The van der Waals surface area contributed by atoms with E-state index < -0.39 is 0 Å². The minimum Gasteiger partial charge on any atom is -0.399 e. The number of anilines is 1. The molecule has 1 unspecified atom stereocenters. The van der Waals surface area contributed by atoms with Gasteiger partial charge in [-0.1, -0.05) is 12.1 Å². The molecule has 4 nitrogen and oxygen atoms in total. The Hall–Kier alpha value is -1.55. The number of nitrogen functional groups attached to an aromatic ring is 1. The first-order valence-electron chi connectivity index (χ1n) is 6.46. The zero-order valence-electron chi connectivity index (χ0n) is 12.4. The van der Waals surface area contributed by atoms with E-state index >= 15 is 0 Å². The first-order valence-corrected chi connectivity index (χ1v) is 6.46. The van der Waals surface area contributed by atoms with Crippen LogP contribution in [-0.2, 0) is 9.53 Å². The Balaban J connectivity index is 2.66. The van der Waals surface area contributed by atoms with Gasteiger partial charge >= 0.3 is 0 Å². The fourth-order valence-corrected chi connectivity index (χ4v) is 1.64. The molecule has 0 aliphatic carbocycles. The first-order chi connectivity index (χ1) is 8.70. The van der Waals surface area contributed by atoms with Crippen molar-refractivity contribution in [3.8, 4) is 0 Å². The van der Waals surface area contributed by atoms with E-state index in [4.69, 9.17) is 10.5 Å². The molecule has 4 heteroatoms. The van der Waals surface area contributed by atoms with Crippen LogP contribution >= 0.6 is 0 Å². The Morgan fingerprint density at radius 3 is 2.58 bits per heavy atom. The third kappa shape index (κ3) is 4.91. The predicted octanol–water partition coefficient (Wildman–Crippen LogP) is 2.60. The molecule has 0 bridgehead atoms. The van der Waals surface area contributed by atoms with E-state index in [-0.39, 0.29) is 24.2 Å². The summed E-state index contributed by atoms with van der Waals surface area (Å²) in [5.74, 6) is -0.0372. The number of amides is 1. The average molecular weight is 264 g/mol. The normalized spacial score (nSPS) is 13.1. The van der Waals surface area contributed by atoms with E-state index in [1.54, 1.807) is 11.9 Å². The third-order valence-corrected chi connectivity index (χ3v) is 3.00. The number of ether oxygens (including phenoxy) is 1. The fraction of sp³-hybridized carbons (Fsp3) is 0.533. The van der Waals surface area contributed by atoms with Crippen LogP contribution in [0.1, 0.15) is 39.3 Å². The second-order valence-electron chi connectivity index (χ2n) is 5.75. The Morgan fingerprint density at radius 2 is 2.05 bits per heavy atom. The molecule has 0 aromatic heterocycles. The van der Waals surface area contributed by atoms with Crippen molar-refractivity contribution < 1.29 is 9.53 Å². The quantitative estimate of drug-likeness (QED) is 0.850. The van der Waals surface area contributed by atoms with E-state index in [2.05, 4.69) is 0 Å². The molecule has 0 heterocycles. The molecule has 0 saturated heterocycles. The number of likely N-dealkylation sites (N-methyl/N-ethyl adjacent to an activating group) is 1. The Bertz CT molecular complexity index is 438. The van der Waals surface area contributed by atoms with Crippen LogP contribution in [0.4, 0.5) is 5.69 Å². The second kappa shape index (κ2) is 6.06. The van der Waals surface area contributed by atoms with Crippen LogP contribution in [0.15, 0.2) is 24.3 Å². The maximum Gasteiger partial charge on any atom is 0.248 e. The summed E-state index contributed by atoms with van der Waals surface area (Å²) in [7, 11) is 1.78. The zero-order chi connectivity index (χ0) is 14.6. The minimum atomic E-state index is -0.309. The van der Waals surface area contributed by atoms with Crippen molar-refractivity contribution >= 4 is 11.6 Å². The van der Waals surface area contributed by atoms with Gasteiger partial charge in [-0.2, -0.15) is 0 Å². The van der Waals surface area contributed by atoms with Crippen LogP contribution in [0.5, 0.6) is 0 Å². The average Bonchev–Trinajstić information content (AvgIpc) is 2.33. The zero-order valence-corrected chi connectivity index (χ0v) is 12.4. The molecule has 0 aliphatic heterocycles. The molecule has 0 saturated carbocycles. The molecule has 1 atom stereocenters. The summed E-state index contributed by atoms with van der Waals surface area (Å²) >= 11 is 0. The van der Waals surface area contributed by atoms with Gasteiger partial charge in [0.1, 0.15) is 6.61 Å². The summed E-state index contributed by atoms with van der Waals surface area (Å²) in [6.45, 7) is 7.86. The number of carbonyl (C=O) groups is 1. The molecule has 106 valence electrons. The molecule has 0 fully saturated rings. The number of nitrogens with two attached hydrogens (primary N) is 1.